The summed E-state index contributed by atoms with van der Waals surface area (Å²) in [5.41, 5.74) is 2.19. The van der Waals surface area contributed by atoms with Crippen molar-refractivity contribution in [2.24, 2.45) is 0 Å². The molecule has 1 aliphatic rings. The first-order valence-corrected chi connectivity index (χ1v) is 10.6. The zero-order chi connectivity index (χ0) is 22.4. The number of carbonyl (C=O) groups excluding carboxylic acids is 3. The number of thiazole rings is 1. The summed E-state index contributed by atoms with van der Waals surface area (Å²) in [6.07, 6.45) is 0. The Bertz CT molecular complexity index is 1360. The van der Waals surface area contributed by atoms with E-state index in [0.717, 1.165) is 16.2 Å². The number of benzene rings is 2. The van der Waals surface area contributed by atoms with Crippen LogP contribution in [0.1, 0.15) is 27.6 Å². The molecule has 1 aliphatic heterocycles. The summed E-state index contributed by atoms with van der Waals surface area (Å²) in [5.74, 6) is -0.776. The fourth-order valence-corrected chi connectivity index (χ4v) is 4.49. The van der Waals surface area contributed by atoms with E-state index in [1.54, 1.807) is 35.9 Å². The SMILES string of the molecule is COc1ccccc1-c1csc2nc(NC(=O)C(C)N3C(=O)c4ccccc4C3=O)nn12. The minimum atomic E-state index is -1.03. The molecule has 4 aromatic rings. The van der Waals surface area contributed by atoms with Crippen molar-refractivity contribution in [3.05, 3.63) is 65.0 Å². The molecule has 1 unspecified atom stereocenters. The molecular formula is C22H17N5O4S. The number of hydrogen-bond acceptors (Lipinski definition) is 7. The summed E-state index contributed by atoms with van der Waals surface area (Å²) in [4.78, 5) is 44.0. The molecule has 1 N–H and O–H groups in total. The lowest BCUT2D eigenvalue weighted by Gasteiger charge is -2.20. The summed E-state index contributed by atoms with van der Waals surface area (Å²) in [7, 11) is 1.59. The zero-order valence-electron chi connectivity index (χ0n) is 17.1. The molecule has 3 amide bonds. The fourth-order valence-electron chi connectivity index (χ4n) is 3.67. The first-order valence-electron chi connectivity index (χ1n) is 9.75. The lowest BCUT2D eigenvalue weighted by atomic mass is 10.1. The molecule has 3 heterocycles. The van der Waals surface area contributed by atoms with E-state index in [1.807, 2.05) is 29.6 Å². The number of rotatable bonds is 5. The van der Waals surface area contributed by atoms with Crippen molar-refractivity contribution < 1.29 is 19.1 Å². The van der Waals surface area contributed by atoms with Crippen LogP contribution in [0.3, 0.4) is 0 Å². The largest absolute Gasteiger partial charge is 0.496 e. The van der Waals surface area contributed by atoms with Gasteiger partial charge >= 0.3 is 0 Å². The van der Waals surface area contributed by atoms with Crippen molar-refractivity contribution >= 4 is 40.0 Å². The first-order chi connectivity index (χ1) is 15.5. The van der Waals surface area contributed by atoms with Crippen molar-refractivity contribution in [1.29, 1.82) is 0 Å². The number of para-hydroxylation sites is 1. The second kappa shape index (κ2) is 7.57. The van der Waals surface area contributed by atoms with Crippen molar-refractivity contribution in [2.75, 3.05) is 12.4 Å². The van der Waals surface area contributed by atoms with E-state index < -0.39 is 23.8 Å². The van der Waals surface area contributed by atoms with Crippen LogP contribution < -0.4 is 10.1 Å². The van der Waals surface area contributed by atoms with Gasteiger partial charge in [-0.25, -0.2) is 4.52 Å². The molecule has 1 atom stereocenters. The lowest BCUT2D eigenvalue weighted by Crippen LogP contribution is -2.45. The summed E-state index contributed by atoms with van der Waals surface area (Å²) in [5, 5.41) is 8.91. The molecule has 0 saturated heterocycles. The quantitative estimate of drug-likeness (QED) is 0.471. The number of ether oxygens (including phenoxy) is 1. The Morgan fingerprint density at radius 3 is 2.31 bits per heavy atom. The molecule has 2 aromatic heterocycles. The van der Waals surface area contributed by atoms with Gasteiger partial charge in [0.05, 0.1) is 23.9 Å². The number of nitrogens with one attached hydrogen (secondary N) is 1. The Kier molecular flexibility index (Phi) is 4.71. The molecule has 32 heavy (non-hydrogen) atoms. The van der Waals surface area contributed by atoms with Gasteiger partial charge in [0.15, 0.2) is 0 Å². The Morgan fingerprint density at radius 2 is 1.66 bits per heavy atom. The molecule has 0 fully saturated rings. The normalized spacial score (nSPS) is 14.0. The second-order valence-electron chi connectivity index (χ2n) is 7.14. The van der Waals surface area contributed by atoms with Crippen molar-refractivity contribution in [2.45, 2.75) is 13.0 Å². The molecule has 10 heteroatoms. The number of nitrogens with zero attached hydrogens (tertiary/aromatic N) is 4. The van der Waals surface area contributed by atoms with Crippen molar-refractivity contribution in [1.82, 2.24) is 19.5 Å². The highest BCUT2D eigenvalue weighted by molar-refractivity contribution is 7.15. The number of methoxy groups -OCH3 is 1. The summed E-state index contributed by atoms with van der Waals surface area (Å²) in [6, 6.07) is 13.0. The Hall–Kier alpha value is -4.05. The maximum atomic E-state index is 12.8. The van der Waals surface area contributed by atoms with Crippen LogP contribution >= 0.6 is 11.3 Å². The van der Waals surface area contributed by atoms with Crippen LogP contribution in [0.2, 0.25) is 0 Å². The lowest BCUT2D eigenvalue weighted by molar-refractivity contribution is -0.119. The highest BCUT2D eigenvalue weighted by atomic mass is 32.1. The van der Waals surface area contributed by atoms with E-state index in [1.165, 1.54) is 18.3 Å². The number of fused-ring (bicyclic) bond motifs is 2. The topological polar surface area (TPSA) is 106 Å². The molecule has 5 rings (SSSR count). The van der Waals surface area contributed by atoms with Gasteiger partial charge in [0.25, 0.3) is 17.8 Å². The van der Waals surface area contributed by atoms with E-state index in [4.69, 9.17) is 4.74 Å². The predicted octanol–water partition coefficient (Wildman–Crippen LogP) is 3.09. The summed E-state index contributed by atoms with van der Waals surface area (Å²) >= 11 is 1.37. The van der Waals surface area contributed by atoms with Gasteiger partial charge in [0.1, 0.15) is 11.8 Å². The monoisotopic (exact) mass is 447 g/mol. The van der Waals surface area contributed by atoms with E-state index in [9.17, 15) is 14.4 Å². The van der Waals surface area contributed by atoms with E-state index in [-0.39, 0.29) is 5.95 Å². The smallest absolute Gasteiger partial charge is 0.262 e. The standard InChI is InChI=1S/C22H17N5O4S/c1-12(26-19(29)13-7-3-4-8-14(13)20(26)30)18(28)23-21-24-22-27(25-21)16(11-32-22)15-9-5-6-10-17(15)31-2/h3-12H,1-2H3,(H,23,25,28). The van der Waals surface area contributed by atoms with Gasteiger partial charge in [-0.2, -0.15) is 4.98 Å². The van der Waals surface area contributed by atoms with Gasteiger partial charge in [-0.15, -0.1) is 16.4 Å². The average molecular weight is 447 g/mol. The number of hydrogen-bond donors (Lipinski definition) is 1. The van der Waals surface area contributed by atoms with E-state index >= 15 is 0 Å². The maximum Gasteiger partial charge on any atom is 0.262 e. The number of carbonyl (C=O) groups is 3. The van der Waals surface area contributed by atoms with Crippen LogP contribution in [-0.4, -0.2) is 50.4 Å². The van der Waals surface area contributed by atoms with Gasteiger partial charge in [0, 0.05) is 10.9 Å². The third kappa shape index (κ3) is 3.04. The number of imide groups is 1. The molecule has 0 aliphatic carbocycles. The minimum Gasteiger partial charge on any atom is -0.496 e. The number of amides is 3. The molecule has 0 spiro atoms. The second-order valence-corrected chi connectivity index (χ2v) is 7.98. The molecule has 160 valence electrons. The molecular weight excluding hydrogens is 430 g/mol. The van der Waals surface area contributed by atoms with Gasteiger partial charge in [0.2, 0.25) is 10.9 Å². The van der Waals surface area contributed by atoms with Crippen LogP contribution in [0.5, 0.6) is 5.75 Å². The molecule has 2 aromatic carbocycles. The van der Waals surface area contributed by atoms with Crippen LogP contribution in [0.4, 0.5) is 5.95 Å². The highest BCUT2D eigenvalue weighted by Crippen LogP contribution is 2.32. The third-order valence-electron chi connectivity index (χ3n) is 5.29. The Balaban J connectivity index is 1.40. The van der Waals surface area contributed by atoms with Crippen molar-refractivity contribution in [3.63, 3.8) is 0 Å². The highest BCUT2D eigenvalue weighted by Gasteiger charge is 2.40. The minimum absolute atomic E-state index is 0.0847. The van der Waals surface area contributed by atoms with E-state index in [2.05, 4.69) is 15.4 Å². The van der Waals surface area contributed by atoms with Crippen LogP contribution in [0.15, 0.2) is 53.9 Å². The average Bonchev–Trinajstić information content (AvgIpc) is 3.45. The molecule has 0 bridgehead atoms. The summed E-state index contributed by atoms with van der Waals surface area (Å²) < 4.78 is 7.04. The maximum absolute atomic E-state index is 12.8. The van der Waals surface area contributed by atoms with Crippen LogP contribution in [0, 0.1) is 0 Å². The Morgan fingerprint density at radius 1 is 1.03 bits per heavy atom. The fraction of sp³-hybridized carbons (Fsp3) is 0.136. The van der Waals surface area contributed by atoms with Gasteiger partial charge in [-0.3, -0.25) is 24.6 Å². The number of anilines is 1. The van der Waals surface area contributed by atoms with Gasteiger partial charge in [-0.1, -0.05) is 24.3 Å². The first kappa shape index (κ1) is 19.9. The molecule has 9 nitrogen and oxygen atoms in total. The van der Waals surface area contributed by atoms with E-state index in [0.29, 0.717) is 21.8 Å². The Labute approximate surface area is 186 Å². The molecule has 0 radical (unpaired) electrons. The summed E-state index contributed by atoms with van der Waals surface area (Å²) in [6.45, 7) is 1.50. The zero-order valence-corrected chi connectivity index (χ0v) is 17.9. The van der Waals surface area contributed by atoms with Crippen molar-refractivity contribution in [3.8, 4) is 17.0 Å². The number of aromatic nitrogens is 3. The van der Waals surface area contributed by atoms with Gasteiger partial charge < -0.3 is 4.74 Å². The predicted molar refractivity (Wildman–Crippen MR) is 118 cm³/mol. The van der Waals surface area contributed by atoms with Crippen LogP contribution in [-0.2, 0) is 4.79 Å². The third-order valence-corrected chi connectivity index (χ3v) is 6.11. The molecule has 0 saturated carbocycles. The van der Waals surface area contributed by atoms with Gasteiger partial charge in [-0.05, 0) is 31.2 Å². The van der Waals surface area contributed by atoms with Crippen LogP contribution in [0.25, 0.3) is 16.2 Å².